The second-order valence-corrected chi connectivity index (χ2v) is 4.07. The minimum absolute atomic E-state index is 0.0562. The van der Waals surface area contributed by atoms with E-state index in [2.05, 4.69) is 0 Å². The maximum atomic E-state index is 13.8. The number of rotatable bonds is 7. The molecule has 1 unspecified atom stereocenters. The average Bonchev–Trinajstić information content (AvgIpc) is 2.38. The summed E-state index contributed by atoms with van der Waals surface area (Å²) in [6.45, 7) is 4.23. The van der Waals surface area contributed by atoms with E-state index in [0.29, 0.717) is 19.4 Å². The fraction of sp³-hybridized carbons (Fsp3) is 0.500. The molecule has 0 saturated heterocycles. The Hall–Kier alpha value is -1.62. The third kappa shape index (κ3) is 4.52. The lowest BCUT2D eigenvalue weighted by Crippen LogP contribution is -2.29. The molecule has 1 atom stereocenters. The smallest absolute Gasteiger partial charge is 0.347 e. The van der Waals surface area contributed by atoms with Gasteiger partial charge in [-0.1, -0.05) is 13.0 Å². The van der Waals surface area contributed by atoms with Crippen molar-refractivity contribution in [3.05, 3.63) is 29.6 Å². The monoisotopic (exact) mass is 269 g/mol. The molecule has 1 aromatic carbocycles. The van der Waals surface area contributed by atoms with Gasteiger partial charge in [-0.15, -0.1) is 0 Å². The number of halogens is 1. The molecule has 0 aliphatic heterocycles. The summed E-state index contributed by atoms with van der Waals surface area (Å²) in [5, 5.41) is 0. The minimum Gasteiger partial charge on any atom is -0.476 e. The van der Waals surface area contributed by atoms with Crippen LogP contribution in [0.3, 0.4) is 0 Å². The molecule has 0 aromatic heterocycles. The average molecular weight is 269 g/mol. The van der Waals surface area contributed by atoms with Gasteiger partial charge in [0, 0.05) is 0 Å². The molecule has 1 rings (SSSR count). The molecule has 106 valence electrons. The molecule has 4 nitrogen and oxygen atoms in total. The molecule has 0 aliphatic rings. The van der Waals surface area contributed by atoms with E-state index in [9.17, 15) is 9.18 Å². The van der Waals surface area contributed by atoms with Crippen molar-refractivity contribution in [2.75, 3.05) is 13.2 Å². The highest BCUT2D eigenvalue weighted by molar-refractivity contribution is 5.75. The van der Waals surface area contributed by atoms with E-state index in [0.717, 1.165) is 5.56 Å². The fourth-order valence-corrected chi connectivity index (χ4v) is 1.65. The summed E-state index contributed by atoms with van der Waals surface area (Å²) in [6.07, 6.45) is 0.240. The lowest BCUT2D eigenvalue weighted by molar-refractivity contribution is -0.151. The molecule has 0 fully saturated rings. The van der Waals surface area contributed by atoms with Gasteiger partial charge in [0.25, 0.3) is 0 Å². The van der Waals surface area contributed by atoms with Crippen molar-refractivity contribution in [1.82, 2.24) is 0 Å². The van der Waals surface area contributed by atoms with Crippen molar-refractivity contribution in [1.29, 1.82) is 0 Å². The molecular weight excluding hydrogens is 249 g/mol. The van der Waals surface area contributed by atoms with Crippen LogP contribution in [0, 0.1) is 5.82 Å². The summed E-state index contributed by atoms with van der Waals surface area (Å²) in [4.78, 5) is 11.6. The highest BCUT2D eigenvalue weighted by atomic mass is 19.1. The summed E-state index contributed by atoms with van der Waals surface area (Å²) in [7, 11) is 0. The molecule has 1 aromatic rings. The van der Waals surface area contributed by atoms with Crippen molar-refractivity contribution in [2.24, 2.45) is 5.73 Å². The van der Waals surface area contributed by atoms with E-state index in [1.54, 1.807) is 19.9 Å². The number of nitrogens with two attached hydrogens (primary N) is 1. The first-order chi connectivity index (χ1) is 9.12. The number of esters is 1. The van der Waals surface area contributed by atoms with Crippen LogP contribution in [-0.4, -0.2) is 25.2 Å². The topological polar surface area (TPSA) is 61.5 Å². The van der Waals surface area contributed by atoms with Gasteiger partial charge in [0.05, 0.1) is 6.61 Å². The lowest BCUT2D eigenvalue weighted by atomic mass is 10.1. The zero-order valence-corrected chi connectivity index (χ0v) is 11.3. The lowest BCUT2D eigenvalue weighted by Gasteiger charge is -2.16. The van der Waals surface area contributed by atoms with Crippen LogP contribution in [0.5, 0.6) is 5.75 Å². The molecule has 5 heteroatoms. The van der Waals surface area contributed by atoms with Crippen LogP contribution in [-0.2, 0) is 16.0 Å². The second kappa shape index (κ2) is 7.74. The molecule has 0 aliphatic carbocycles. The van der Waals surface area contributed by atoms with Crippen LogP contribution in [0.1, 0.15) is 25.8 Å². The Morgan fingerprint density at radius 3 is 2.68 bits per heavy atom. The standard InChI is InChI=1S/C14H20FNO3/c1-3-12(14(17)18-4-2)19-13-6-5-10(7-8-16)9-11(13)15/h5-6,9,12H,3-4,7-8,16H2,1-2H3. The zero-order valence-electron chi connectivity index (χ0n) is 11.3. The summed E-state index contributed by atoms with van der Waals surface area (Å²) < 4.78 is 24.0. The van der Waals surface area contributed by atoms with Crippen molar-refractivity contribution in [2.45, 2.75) is 32.8 Å². The highest BCUT2D eigenvalue weighted by Gasteiger charge is 2.21. The van der Waals surface area contributed by atoms with Gasteiger partial charge < -0.3 is 15.2 Å². The van der Waals surface area contributed by atoms with E-state index in [-0.39, 0.29) is 12.4 Å². The molecule has 0 heterocycles. The first-order valence-electron chi connectivity index (χ1n) is 6.44. The maximum Gasteiger partial charge on any atom is 0.347 e. The Kier molecular flexibility index (Phi) is 6.29. The van der Waals surface area contributed by atoms with Crippen molar-refractivity contribution in [3.63, 3.8) is 0 Å². The first-order valence-corrected chi connectivity index (χ1v) is 6.44. The van der Waals surface area contributed by atoms with Crippen LogP contribution in [0.2, 0.25) is 0 Å². The van der Waals surface area contributed by atoms with Gasteiger partial charge in [-0.3, -0.25) is 0 Å². The van der Waals surface area contributed by atoms with Gasteiger partial charge in [-0.2, -0.15) is 0 Å². The third-order valence-electron chi connectivity index (χ3n) is 2.62. The van der Waals surface area contributed by atoms with E-state index >= 15 is 0 Å². The zero-order chi connectivity index (χ0) is 14.3. The molecule has 0 spiro atoms. The number of hydrogen-bond acceptors (Lipinski definition) is 4. The van der Waals surface area contributed by atoms with Gasteiger partial charge in [-0.05, 0) is 44.0 Å². The summed E-state index contributed by atoms with van der Waals surface area (Å²) >= 11 is 0. The predicted octanol–water partition coefficient (Wildman–Crippen LogP) is 2.05. The molecule has 2 N–H and O–H groups in total. The van der Waals surface area contributed by atoms with Gasteiger partial charge in [0.1, 0.15) is 0 Å². The number of ether oxygens (including phenoxy) is 2. The van der Waals surface area contributed by atoms with E-state index in [1.165, 1.54) is 12.1 Å². The Balaban J connectivity index is 2.77. The van der Waals surface area contributed by atoms with E-state index in [4.69, 9.17) is 15.2 Å². The van der Waals surface area contributed by atoms with E-state index < -0.39 is 17.9 Å². The Labute approximate surface area is 112 Å². The Morgan fingerprint density at radius 2 is 2.16 bits per heavy atom. The predicted molar refractivity (Wildman–Crippen MR) is 70.5 cm³/mol. The Morgan fingerprint density at radius 1 is 1.42 bits per heavy atom. The van der Waals surface area contributed by atoms with E-state index in [1.807, 2.05) is 0 Å². The molecular formula is C14H20FNO3. The Bertz CT molecular complexity index is 423. The SMILES string of the molecule is CCOC(=O)C(CC)Oc1ccc(CCN)cc1F. The summed E-state index contributed by atoms with van der Waals surface area (Å²) in [5.41, 5.74) is 6.21. The molecule has 0 bridgehead atoms. The number of benzene rings is 1. The van der Waals surface area contributed by atoms with Crippen LogP contribution < -0.4 is 10.5 Å². The third-order valence-corrected chi connectivity index (χ3v) is 2.62. The number of carbonyl (C=O) groups excluding carboxylic acids is 1. The summed E-state index contributed by atoms with van der Waals surface area (Å²) in [6, 6.07) is 4.63. The van der Waals surface area contributed by atoms with Crippen LogP contribution in [0.25, 0.3) is 0 Å². The molecule has 0 saturated carbocycles. The first kappa shape index (κ1) is 15.4. The highest BCUT2D eigenvalue weighted by Crippen LogP contribution is 2.21. The molecule has 0 amide bonds. The largest absolute Gasteiger partial charge is 0.476 e. The number of carbonyl (C=O) groups is 1. The molecule has 19 heavy (non-hydrogen) atoms. The van der Waals surface area contributed by atoms with Gasteiger partial charge in [0.15, 0.2) is 17.7 Å². The quantitative estimate of drug-likeness (QED) is 0.769. The van der Waals surface area contributed by atoms with Crippen LogP contribution in [0.4, 0.5) is 4.39 Å². The van der Waals surface area contributed by atoms with Gasteiger partial charge >= 0.3 is 5.97 Å². The van der Waals surface area contributed by atoms with Crippen LogP contribution in [0.15, 0.2) is 18.2 Å². The maximum absolute atomic E-state index is 13.8. The van der Waals surface area contributed by atoms with Crippen LogP contribution >= 0.6 is 0 Å². The second-order valence-electron chi connectivity index (χ2n) is 4.07. The summed E-state index contributed by atoms with van der Waals surface area (Å²) in [5.74, 6) is -0.912. The van der Waals surface area contributed by atoms with Crippen molar-refractivity contribution < 1.29 is 18.7 Å². The molecule has 0 radical (unpaired) electrons. The fourth-order valence-electron chi connectivity index (χ4n) is 1.65. The van der Waals surface area contributed by atoms with Gasteiger partial charge in [-0.25, -0.2) is 9.18 Å². The number of hydrogen-bond donors (Lipinski definition) is 1. The van der Waals surface area contributed by atoms with Gasteiger partial charge in [0.2, 0.25) is 0 Å². The minimum atomic E-state index is -0.783. The van der Waals surface area contributed by atoms with Crippen molar-refractivity contribution >= 4 is 5.97 Å². The van der Waals surface area contributed by atoms with Crippen molar-refractivity contribution in [3.8, 4) is 5.75 Å². The normalized spacial score (nSPS) is 12.0.